The van der Waals surface area contributed by atoms with E-state index in [-0.39, 0.29) is 16.7 Å². The second-order valence-corrected chi connectivity index (χ2v) is 9.22. The van der Waals surface area contributed by atoms with Gasteiger partial charge in [-0.05, 0) is 32.0 Å². The van der Waals surface area contributed by atoms with Crippen molar-refractivity contribution in [2.24, 2.45) is 14.1 Å². The standard InChI is InChI=1S/C24H19Cl2F3N8/c1-12-16(10-30-35(12)3)21-20(26)22(17-11-31-36(4)13(17)2)37(34-21)23-32-18(9-19(33-23)24(27,28)29)14-5-7-15(25)8-6-14/h5-11H,1-4H3. The van der Waals surface area contributed by atoms with Crippen molar-refractivity contribution in [1.29, 1.82) is 0 Å². The quantitative estimate of drug-likeness (QED) is 0.273. The summed E-state index contributed by atoms with van der Waals surface area (Å²) in [5.74, 6) is -0.298. The minimum atomic E-state index is -4.73. The van der Waals surface area contributed by atoms with Crippen LogP contribution in [0.15, 0.2) is 42.7 Å². The Morgan fingerprint density at radius 1 is 0.838 bits per heavy atom. The van der Waals surface area contributed by atoms with Crippen LogP contribution in [-0.4, -0.2) is 39.3 Å². The Morgan fingerprint density at radius 2 is 1.43 bits per heavy atom. The molecule has 0 amide bonds. The Labute approximate surface area is 219 Å². The number of benzene rings is 1. The molecule has 0 unspecified atom stereocenters. The van der Waals surface area contributed by atoms with Gasteiger partial charge >= 0.3 is 6.18 Å². The molecule has 0 atom stereocenters. The molecule has 37 heavy (non-hydrogen) atoms. The molecule has 0 fully saturated rings. The summed E-state index contributed by atoms with van der Waals surface area (Å²) < 4.78 is 46.4. The van der Waals surface area contributed by atoms with Gasteiger partial charge in [0.15, 0.2) is 5.69 Å². The molecule has 0 radical (unpaired) electrons. The molecule has 190 valence electrons. The van der Waals surface area contributed by atoms with Crippen molar-refractivity contribution in [2.75, 3.05) is 0 Å². The molecule has 0 saturated carbocycles. The number of rotatable bonds is 4. The molecular weight excluding hydrogens is 528 g/mol. The van der Waals surface area contributed by atoms with E-state index in [1.54, 1.807) is 60.1 Å². The maximum Gasteiger partial charge on any atom is 0.433 e. The molecule has 4 aromatic heterocycles. The van der Waals surface area contributed by atoms with E-state index in [1.807, 2.05) is 13.8 Å². The summed E-state index contributed by atoms with van der Waals surface area (Å²) in [5, 5.41) is 13.8. The minimum absolute atomic E-state index is 0.0496. The average molecular weight is 547 g/mol. The fourth-order valence-corrected chi connectivity index (χ4v) is 4.30. The van der Waals surface area contributed by atoms with E-state index >= 15 is 0 Å². The monoisotopic (exact) mass is 546 g/mol. The summed E-state index contributed by atoms with van der Waals surface area (Å²) in [6.07, 6.45) is -1.56. The van der Waals surface area contributed by atoms with Crippen molar-refractivity contribution >= 4 is 23.2 Å². The normalized spacial score (nSPS) is 11.9. The van der Waals surface area contributed by atoms with E-state index in [4.69, 9.17) is 23.2 Å². The van der Waals surface area contributed by atoms with Gasteiger partial charge in [0.05, 0.1) is 23.1 Å². The van der Waals surface area contributed by atoms with Gasteiger partial charge in [-0.15, -0.1) is 0 Å². The lowest BCUT2D eigenvalue weighted by atomic mass is 10.1. The van der Waals surface area contributed by atoms with Crippen LogP contribution in [0.5, 0.6) is 0 Å². The van der Waals surface area contributed by atoms with Gasteiger partial charge in [0.25, 0.3) is 5.95 Å². The van der Waals surface area contributed by atoms with Crippen LogP contribution in [0.3, 0.4) is 0 Å². The summed E-state index contributed by atoms with van der Waals surface area (Å²) in [4.78, 5) is 8.30. The van der Waals surface area contributed by atoms with E-state index < -0.39 is 11.9 Å². The first kappa shape index (κ1) is 25.0. The van der Waals surface area contributed by atoms with Gasteiger partial charge in [-0.1, -0.05) is 35.3 Å². The molecule has 5 rings (SSSR count). The van der Waals surface area contributed by atoms with Crippen molar-refractivity contribution in [3.63, 3.8) is 0 Å². The lowest BCUT2D eigenvalue weighted by molar-refractivity contribution is -0.141. The van der Waals surface area contributed by atoms with Crippen LogP contribution in [0.4, 0.5) is 13.2 Å². The predicted octanol–water partition coefficient (Wildman–Crippen LogP) is 6.07. The summed E-state index contributed by atoms with van der Waals surface area (Å²) in [6.45, 7) is 3.66. The smallest absolute Gasteiger partial charge is 0.272 e. The highest BCUT2D eigenvalue weighted by Gasteiger charge is 2.35. The van der Waals surface area contributed by atoms with Crippen LogP contribution in [0.25, 0.3) is 39.7 Å². The van der Waals surface area contributed by atoms with Gasteiger partial charge in [0, 0.05) is 47.2 Å². The van der Waals surface area contributed by atoms with Crippen LogP contribution < -0.4 is 0 Å². The van der Waals surface area contributed by atoms with Crippen molar-refractivity contribution < 1.29 is 13.2 Å². The van der Waals surface area contributed by atoms with Crippen molar-refractivity contribution in [3.05, 3.63) is 69.9 Å². The highest BCUT2D eigenvalue weighted by molar-refractivity contribution is 6.35. The second kappa shape index (κ2) is 9.00. The molecule has 5 aromatic rings. The Morgan fingerprint density at radius 3 is 1.97 bits per heavy atom. The fraction of sp³-hybridized carbons (Fsp3) is 0.208. The van der Waals surface area contributed by atoms with E-state index in [2.05, 4.69) is 25.3 Å². The van der Waals surface area contributed by atoms with Crippen LogP contribution in [-0.2, 0) is 20.3 Å². The molecule has 0 saturated heterocycles. The number of halogens is 5. The third-order valence-corrected chi connectivity index (χ3v) is 6.75. The molecular formula is C24H19Cl2F3N8. The lowest BCUT2D eigenvalue weighted by Gasteiger charge is -2.12. The summed E-state index contributed by atoms with van der Waals surface area (Å²) >= 11 is 12.8. The molecule has 0 bridgehead atoms. The molecule has 8 nitrogen and oxygen atoms in total. The molecule has 0 spiro atoms. The molecule has 1 aromatic carbocycles. The molecule has 0 aliphatic rings. The summed E-state index contributed by atoms with van der Waals surface area (Å²) in [7, 11) is 3.52. The Balaban J connectivity index is 1.82. The number of aryl methyl sites for hydroxylation is 2. The lowest BCUT2D eigenvalue weighted by Crippen LogP contribution is -2.14. The molecule has 13 heteroatoms. The van der Waals surface area contributed by atoms with Gasteiger partial charge in [-0.25, -0.2) is 9.97 Å². The number of alkyl halides is 3. The fourth-order valence-electron chi connectivity index (χ4n) is 3.85. The number of hydrogen-bond donors (Lipinski definition) is 0. The van der Waals surface area contributed by atoms with Crippen LogP contribution in [0.1, 0.15) is 17.1 Å². The van der Waals surface area contributed by atoms with Gasteiger partial charge in [-0.3, -0.25) is 9.36 Å². The van der Waals surface area contributed by atoms with Crippen LogP contribution in [0.2, 0.25) is 10.0 Å². The maximum atomic E-state index is 13.9. The Hall–Kier alpha value is -3.70. The Bertz CT molecular complexity index is 1630. The second-order valence-electron chi connectivity index (χ2n) is 8.40. The molecule has 4 heterocycles. The third kappa shape index (κ3) is 4.38. The van der Waals surface area contributed by atoms with Crippen molar-refractivity contribution in [2.45, 2.75) is 20.0 Å². The van der Waals surface area contributed by atoms with E-state index in [0.29, 0.717) is 33.1 Å². The predicted molar refractivity (Wildman–Crippen MR) is 133 cm³/mol. The summed E-state index contributed by atoms with van der Waals surface area (Å²) in [6, 6.07) is 7.20. The SMILES string of the molecule is Cc1c(-c2nn(-c3nc(-c4ccc(Cl)cc4)cc(C(F)(F)F)n3)c(-c3cnn(C)c3C)c2Cl)cnn1C. The van der Waals surface area contributed by atoms with Gasteiger partial charge in [-0.2, -0.15) is 33.1 Å². The van der Waals surface area contributed by atoms with Crippen molar-refractivity contribution in [3.8, 4) is 39.7 Å². The van der Waals surface area contributed by atoms with E-state index in [1.165, 1.54) is 4.68 Å². The van der Waals surface area contributed by atoms with Gasteiger partial charge < -0.3 is 0 Å². The third-order valence-electron chi connectivity index (χ3n) is 6.14. The highest BCUT2D eigenvalue weighted by atomic mass is 35.5. The summed E-state index contributed by atoms with van der Waals surface area (Å²) in [5.41, 5.74) is 2.69. The first-order valence-corrected chi connectivity index (χ1v) is 11.7. The maximum absolute atomic E-state index is 13.9. The number of aromatic nitrogens is 8. The Kier molecular flexibility index (Phi) is 6.07. The highest BCUT2D eigenvalue weighted by Crippen LogP contribution is 2.40. The zero-order chi connectivity index (χ0) is 26.6. The van der Waals surface area contributed by atoms with E-state index in [9.17, 15) is 13.2 Å². The molecule has 0 aliphatic heterocycles. The van der Waals surface area contributed by atoms with Crippen LogP contribution in [0, 0.1) is 13.8 Å². The number of hydrogen-bond acceptors (Lipinski definition) is 5. The average Bonchev–Trinajstić information content (AvgIpc) is 3.48. The van der Waals surface area contributed by atoms with E-state index in [0.717, 1.165) is 17.5 Å². The zero-order valence-corrected chi connectivity index (χ0v) is 21.5. The topological polar surface area (TPSA) is 79.2 Å². The minimum Gasteiger partial charge on any atom is -0.272 e. The molecule has 0 aliphatic carbocycles. The van der Waals surface area contributed by atoms with Crippen LogP contribution >= 0.6 is 23.2 Å². The first-order valence-electron chi connectivity index (χ1n) is 10.9. The van der Waals surface area contributed by atoms with Crippen molar-refractivity contribution in [1.82, 2.24) is 39.3 Å². The number of nitrogens with zero attached hydrogens (tertiary/aromatic N) is 8. The first-order chi connectivity index (χ1) is 17.5. The van der Waals surface area contributed by atoms with Gasteiger partial charge in [0.2, 0.25) is 0 Å². The largest absolute Gasteiger partial charge is 0.433 e. The zero-order valence-electron chi connectivity index (χ0n) is 20.0. The van der Waals surface area contributed by atoms with Gasteiger partial charge in [0.1, 0.15) is 11.4 Å². The molecule has 0 N–H and O–H groups in total.